The fraction of sp³-hybridized carbons (Fsp3) is 0.571. The number of carbonyl (C=O) groups excluding carboxylic acids is 1. The van der Waals surface area contributed by atoms with Crippen LogP contribution in [0.1, 0.15) is 79.1 Å². The highest BCUT2D eigenvalue weighted by molar-refractivity contribution is 5.93. The fourth-order valence-corrected chi connectivity index (χ4v) is 3.59. The van der Waals surface area contributed by atoms with Gasteiger partial charge in [0, 0.05) is 43.6 Å². The third-order valence-electron chi connectivity index (χ3n) is 5.48. The predicted molar refractivity (Wildman–Crippen MR) is 144 cm³/mol. The van der Waals surface area contributed by atoms with Crippen LogP contribution in [-0.2, 0) is 4.79 Å². The molecule has 2 N–H and O–H groups in total. The van der Waals surface area contributed by atoms with E-state index in [1.54, 1.807) is 13.0 Å². The number of aliphatic imine (C=N–C) groups is 1. The van der Waals surface area contributed by atoms with Crippen LogP contribution in [0.4, 0.5) is 18.9 Å². The van der Waals surface area contributed by atoms with Gasteiger partial charge in [0.1, 0.15) is 5.84 Å². The average Bonchev–Trinajstić information content (AvgIpc) is 2.83. The normalized spacial score (nSPS) is 13.0. The van der Waals surface area contributed by atoms with E-state index in [0.717, 1.165) is 44.0 Å². The van der Waals surface area contributed by atoms with Crippen molar-refractivity contribution in [1.82, 2.24) is 10.2 Å². The van der Waals surface area contributed by atoms with Crippen LogP contribution in [0.25, 0.3) is 0 Å². The van der Waals surface area contributed by atoms with Gasteiger partial charge in [-0.2, -0.15) is 13.2 Å². The van der Waals surface area contributed by atoms with Crippen LogP contribution < -0.4 is 10.6 Å². The van der Waals surface area contributed by atoms with E-state index in [0.29, 0.717) is 44.7 Å². The number of nitrogens with zero attached hydrogens (tertiary/aromatic N) is 2. The Morgan fingerprint density at radius 2 is 1.72 bits per heavy atom. The van der Waals surface area contributed by atoms with E-state index in [1.165, 1.54) is 0 Å². The number of unbranched alkanes of at least 4 members (excludes halogenated alkanes) is 3. The van der Waals surface area contributed by atoms with Crippen LogP contribution in [-0.4, -0.2) is 42.5 Å². The fourth-order valence-electron chi connectivity index (χ4n) is 3.59. The Hall–Kier alpha value is -2.77. The lowest BCUT2D eigenvalue weighted by Gasteiger charge is -2.23. The van der Waals surface area contributed by atoms with Crippen molar-refractivity contribution in [2.24, 2.45) is 4.99 Å². The van der Waals surface area contributed by atoms with E-state index in [1.807, 2.05) is 49.1 Å². The monoisotopic (exact) mass is 508 g/mol. The largest absolute Gasteiger partial charge is 0.419 e. The third kappa shape index (κ3) is 12.8. The summed E-state index contributed by atoms with van der Waals surface area (Å²) in [6.07, 6.45) is 4.02. The number of benzene rings is 1. The minimum atomic E-state index is -4.56. The number of anilines is 1. The Bertz CT molecular complexity index is 848. The second-order valence-corrected chi connectivity index (χ2v) is 8.77. The molecule has 0 spiro atoms. The number of amides is 1. The molecule has 0 aromatic heterocycles. The van der Waals surface area contributed by atoms with Gasteiger partial charge in [0.15, 0.2) is 0 Å². The smallest absolute Gasteiger partial charge is 0.385 e. The number of alkyl halides is 3. The summed E-state index contributed by atoms with van der Waals surface area (Å²) < 4.78 is 41.9. The van der Waals surface area contributed by atoms with Crippen molar-refractivity contribution < 1.29 is 18.0 Å². The number of allylic oxidation sites excluding steroid dienone is 2. The molecule has 0 heterocycles. The molecule has 0 atom stereocenters. The highest BCUT2D eigenvalue weighted by Crippen LogP contribution is 2.30. The quantitative estimate of drug-likeness (QED) is 0.106. The van der Waals surface area contributed by atoms with Gasteiger partial charge in [-0.15, -0.1) is 0 Å². The topological polar surface area (TPSA) is 56.7 Å². The van der Waals surface area contributed by atoms with E-state index in [-0.39, 0.29) is 11.6 Å². The molecule has 0 saturated carbocycles. The van der Waals surface area contributed by atoms with Crippen LogP contribution >= 0.6 is 0 Å². The van der Waals surface area contributed by atoms with Crippen molar-refractivity contribution in [1.29, 1.82) is 0 Å². The first-order chi connectivity index (χ1) is 17.2. The number of rotatable bonds is 16. The third-order valence-corrected chi connectivity index (χ3v) is 5.48. The second-order valence-electron chi connectivity index (χ2n) is 8.77. The van der Waals surface area contributed by atoms with Crippen molar-refractivity contribution in [2.45, 2.75) is 85.2 Å². The van der Waals surface area contributed by atoms with Gasteiger partial charge < -0.3 is 15.5 Å². The Morgan fingerprint density at radius 3 is 2.33 bits per heavy atom. The molecule has 1 aromatic carbocycles. The second kappa shape index (κ2) is 17.6. The number of hydrogen-bond acceptors (Lipinski definition) is 3. The maximum Gasteiger partial charge on any atom is 0.419 e. The molecular formula is C28H43F3N4O. The maximum atomic E-state index is 14.0. The molecule has 36 heavy (non-hydrogen) atoms. The summed E-state index contributed by atoms with van der Waals surface area (Å²) in [7, 11) is 0. The lowest BCUT2D eigenvalue weighted by molar-refractivity contribution is -0.131. The summed E-state index contributed by atoms with van der Waals surface area (Å²) in [5.41, 5.74) is -0.0374. The molecule has 202 valence electrons. The van der Waals surface area contributed by atoms with Gasteiger partial charge in [0.05, 0.1) is 5.57 Å². The first-order valence-corrected chi connectivity index (χ1v) is 13.1. The lowest BCUT2D eigenvalue weighted by atomic mass is 10.1. The molecule has 0 bridgehead atoms. The number of halogens is 3. The van der Waals surface area contributed by atoms with Crippen LogP contribution in [0.5, 0.6) is 0 Å². The number of hydrogen-bond donors (Lipinski definition) is 2. The predicted octanol–water partition coefficient (Wildman–Crippen LogP) is 7.45. The Balaban J connectivity index is 2.89. The highest BCUT2D eigenvalue weighted by atomic mass is 19.4. The molecule has 0 aliphatic rings. The molecule has 0 radical (unpaired) electrons. The lowest BCUT2D eigenvalue weighted by Crippen LogP contribution is -2.34. The zero-order chi connectivity index (χ0) is 26.8. The van der Waals surface area contributed by atoms with Gasteiger partial charge in [-0.3, -0.25) is 4.79 Å². The van der Waals surface area contributed by atoms with E-state index >= 15 is 0 Å². The Kier molecular flexibility index (Phi) is 15.3. The van der Waals surface area contributed by atoms with Gasteiger partial charge in [-0.05, 0) is 44.7 Å². The summed E-state index contributed by atoms with van der Waals surface area (Å²) >= 11 is 0. The summed E-state index contributed by atoms with van der Waals surface area (Å²) in [6, 6.07) is 9.17. The van der Waals surface area contributed by atoms with Gasteiger partial charge in [-0.25, -0.2) is 4.99 Å². The zero-order valence-electron chi connectivity index (χ0n) is 22.3. The molecule has 0 fully saturated rings. The number of nitrogens with one attached hydrogen (secondary N) is 2. The number of amidine groups is 1. The van der Waals surface area contributed by atoms with Gasteiger partial charge in [0.2, 0.25) is 5.91 Å². The molecule has 1 aromatic rings. The number of carbonyl (C=O) groups is 1. The van der Waals surface area contributed by atoms with Crippen LogP contribution in [0.15, 0.2) is 58.9 Å². The highest BCUT2D eigenvalue weighted by Gasteiger charge is 2.36. The molecule has 5 nitrogen and oxygen atoms in total. The van der Waals surface area contributed by atoms with Gasteiger partial charge >= 0.3 is 6.18 Å². The van der Waals surface area contributed by atoms with Crippen molar-refractivity contribution in [3.8, 4) is 0 Å². The summed E-state index contributed by atoms with van der Waals surface area (Å²) in [5.74, 6) is 0.480. The van der Waals surface area contributed by atoms with E-state index in [4.69, 9.17) is 0 Å². The molecule has 0 aliphatic carbocycles. The van der Waals surface area contributed by atoms with Crippen LogP contribution in [0, 0.1) is 0 Å². The summed E-state index contributed by atoms with van der Waals surface area (Å²) in [5, 5.41) is 5.97. The van der Waals surface area contributed by atoms with Crippen LogP contribution in [0.2, 0.25) is 0 Å². The van der Waals surface area contributed by atoms with E-state index in [9.17, 15) is 18.0 Å². The first kappa shape index (κ1) is 31.3. The SMILES string of the molecule is CCC/C=C(NCCCN(CCC)C(=O)CCCCC)/C(=C\N=C(C)Nc1ccccc1)C(F)(F)F. The maximum absolute atomic E-state index is 14.0. The van der Waals surface area contributed by atoms with Gasteiger partial charge in [0.25, 0.3) is 0 Å². The molecular weight excluding hydrogens is 465 g/mol. The van der Waals surface area contributed by atoms with Crippen LogP contribution in [0.3, 0.4) is 0 Å². The molecule has 1 rings (SSSR count). The van der Waals surface area contributed by atoms with E-state index < -0.39 is 11.7 Å². The molecule has 8 heteroatoms. The summed E-state index contributed by atoms with van der Waals surface area (Å²) in [6.45, 7) is 9.18. The van der Waals surface area contributed by atoms with Gasteiger partial charge in [-0.1, -0.05) is 64.3 Å². The van der Waals surface area contributed by atoms with E-state index in [2.05, 4.69) is 22.5 Å². The Morgan fingerprint density at radius 1 is 1.00 bits per heavy atom. The molecule has 1 amide bonds. The van der Waals surface area contributed by atoms with Crippen molar-refractivity contribution in [3.05, 3.63) is 53.9 Å². The minimum absolute atomic E-state index is 0.0249. The van der Waals surface area contributed by atoms with Crippen molar-refractivity contribution in [2.75, 3.05) is 25.0 Å². The molecule has 0 unspecified atom stereocenters. The summed E-state index contributed by atoms with van der Waals surface area (Å²) in [4.78, 5) is 18.4. The first-order valence-electron chi connectivity index (χ1n) is 13.1. The zero-order valence-corrected chi connectivity index (χ0v) is 22.3. The molecule has 0 aliphatic heterocycles. The Labute approximate surface area is 214 Å². The molecule has 0 saturated heterocycles. The van der Waals surface area contributed by atoms with Crippen molar-refractivity contribution >= 4 is 17.4 Å². The average molecular weight is 509 g/mol. The minimum Gasteiger partial charge on any atom is -0.385 e. The number of para-hydroxylation sites is 1. The van der Waals surface area contributed by atoms with Crippen molar-refractivity contribution in [3.63, 3.8) is 0 Å². The standard InChI is InChI=1S/C28H43F3N4O/c1-5-8-11-18-27(36)35(20-7-3)21-14-19-32-26(17-9-6-2)25(28(29,30)31)22-33-23(4)34-24-15-12-10-13-16-24/h10,12-13,15-17,22,32H,5-9,11,14,18-21H2,1-4H3,(H,33,34)/b25-22+,26-17-.